The molecule has 76 valence electrons. The SMILES string of the molecule is CC1=CC2OC2(C(=O)O)c2ccccc21. The number of allylic oxidation sites excluding steroid dienone is 1. The van der Waals surface area contributed by atoms with Crippen LogP contribution in [0.4, 0.5) is 0 Å². The summed E-state index contributed by atoms with van der Waals surface area (Å²) in [6.07, 6.45) is 1.60. The van der Waals surface area contributed by atoms with Gasteiger partial charge in [0.15, 0.2) is 0 Å². The Kier molecular flexibility index (Phi) is 1.44. The molecule has 1 aliphatic heterocycles. The maximum absolute atomic E-state index is 11.2. The number of rotatable bonds is 1. The summed E-state index contributed by atoms with van der Waals surface area (Å²) >= 11 is 0. The number of hydrogen-bond donors (Lipinski definition) is 1. The van der Waals surface area contributed by atoms with Crippen LogP contribution in [-0.4, -0.2) is 17.2 Å². The summed E-state index contributed by atoms with van der Waals surface area (Å²) in [7, 11) is 0. The lowest BCUT2D eigenvalue weighted by atomic mass is 9.83. The van der Waals surface area contributed by atoms with Gasteiger partial charge in [0.1, 0.15) is 6.10 Å². The lowest BCUT2D eigenvalue weighted by Gasteiger charge is -2.17. The van der Waals surface area contributed by atoms with Crippen molar-refractivity contribution in [1.29, 1.82) is 0 Å². The Labute approximate surface area is 87.0 Å². The molecule has 1 aromatic rings. The molecule has 1 saturated heterocycles. The summed E-state index contributed by atoms with van der Waals surface area (Å²) in [5.41, 5.74) is 1.75. The maximum Gasteiger partial charge on any atom is 0.343 e. The van der Waals surface area contributed by atoms with Crippen LogP contribution in [0, 0.1) is 0 Å². The van der Waals surface area contributed by atoms with E-state index >= 15 is 0 Å². The minimum atomic E-state index is -1.10. The van der Waals surface area contributed by atoms with E-state index in [1.165, 1.54) is 0 Å². The van der Waals surface area contributed by atoms with Crippen molar-refractivity contribution in [1.82, 2.24) is 0 Å². The number of benzene rings is 1. The summed E-state index contributed by atoms with van der Waals surface area (Å²) in [4.78, 5) is 11.2. The molecule has 0 aromatic heterocycles. The Bertz CT molecular complexity index is 489. The number of epoxide rings is 1. The second-order valence-electron chi connectivity index (χ2n) is 3.97. The lowest BCUT2D eigenvalue weighted by Crippen LogP contribution is -2.27. The highest BCUT2D eigenvalue weighted by Crippen LogP contribution is 2.53. The van der Waals surface area contributed by atoms with E-state index in [0.717, 1.165) is 16.7 Å². The van der Waals surface area contributed by atoms with Gasteiger partial charge in [-0.3, -0.25) is 0 Å². The average molecular weight is 202 g/mol. The fraction of sp³-hybridized carbons (Fsp3) is 0.250. The number of aliphatic carboxylic acids is 1. The highest BCUT2D eigenvalue weighted by Gasteiger charge is 2.65. The van der Waals surface area contributed by atoms with Gasteiger partial charge >= 0.3 is 5.97 Å². The number of fused-ring (bicyclic) bond motifs is 3. The molecule has 0 amide bonds. The van der Waals surface area contributed by atoms with E-state index in [4.69, 9.17) is 4.74 Å². The first kappa shape index (κ1) is 8.68. The van der Waals surface area contributed by atoms with Crippen LogP contribution < -0.4 is 0 Å². The van der Waals surface area contributed by atoms with E-state index in [0.29, 0.717) is 0 Å². The van der Waals surface area contributed by atoms with Crippen molar-refractivity contribution in [2.75, 3.05) is 0 Å². The van der Waals surface area contributed by atoms with Crippen LogP contribution in [0.2, 0.25) is 0 Å². The van der Waals surface area contributed by atoms with E-state index < -0.39 is 11.6 Å². The Morgan fingerprint density at radius 3 is 2.93 bits per heavy atom. The molecule has 3 heteroatoms. The van der Waals surface area contributed by atoms with Gasteiger partial charge in [0.05, 0.1) is 0 Å². The normalized spacial score (nSPS) is 31.3. The third-order valence-corrected chi connectivity index (χ3v) is 3.13. The predicted octanol–water partition coefficient (Wildman–Crippen LogP) is 1.78. The van der Waals surface area contributed by atoms with Gasteiger partial charge in [-0.2, -0.15) is 0 Å². The van der Waals surface area contributed by atoms with Crippen LogP contribution in [0.15, 0.2) is 30.3 Å². The number of carboxylic acids is 1. The molecule has 15 heavy (non-hydrogen) atoms. The number of carboxylic acid groups (broad SMARTS) is 1. The molecule has 0 saturated carbocycles. The zero-order valence-corrected chi connectivity index (χ0v) is 8.23. The molecule has 1 heterocycles. The first-order valence-corrected chi connectivity index (χ1v) is 4.86. The minimum Gasteiger partial charge on any atom is -0.479 e. The third-order valence-electron chi connectivity index (χ3n) is 3.13. The van der Waals surface area contributed by atoms with Crippen molar-refractivity contribution in [3.05, 3.63) is 41.5 Å². The zero-order chi connectivity index (χ0) is 10.6. The average Bonchev–Trinajstić information content (AvgIpc) is 2.94. The zero-order valence-electron chi connectivity index (χ0n) is 8.23. The van der Waals surface area contributed by atoms with Gasteiger partial charge in [0.2, 0.25) is 5.60 Å². The minimum absolute atomic E-state index is 0.287. The second kappa shape index (κ2) is 2.49. The van der Waals surface area contributed by atoms with Crippen LogP contribution in [0.25, 0.3) is 5.57 Å². The molecule has 1 N–H and O–H groups in total. The van der Waals surface area contributed by atoms with Crippen molar-refractivity contribution in [2.45, 2.75) is 18.6 Å². The highest BCUT2D eigenvalue weighted by molar-refractivity contribution is 5.90. The van der Waals surface area contributed by atoms with Crippen molar-refractivity contribution in [3.63, 3.8) is 0 Å². The summed E-state index contributed by atoms with van der Waals surface area (Å²) < 4.78 is 5.35. The highest BCUT2D eigenvalue weighted by atomic mass is 16.6. The van der Waals surface area contributed by atoms with E-state index in [1.807, 2.05) is 37.3 Å². The molecule has 1 aromatic carbocycles. The van der Waals surface area contributed by atoms with Gasteiger partial charge in [0.25, 0.3) is 0 Å². The van der Waals surface area contributed by atoms with Gasteiger partial charge in [-0.05, 0) is 24.1 Å². The maximum atomic E-state index is 11.2. The van der Waals surface area contributed by atoms with Crippen LogP contribution in [0.5, 0.6) is 0 Å². The number of carbonyl (C=O) groups is 1. The molecular weight excluding hydrogens is 192 g/mol. The molecule has 2 atom stereocenters. The van der Waals surface area contributed by atoms with Crippen molar-refractivity contribution in [2.24, 2.45) is 0 Å². The van der Waals surface area contributed by atoms with E-state index in [-0.39, 0.29) is 6.10 Å². The Morgan fingerprint density at radius 1 is 1.47 bits per heavy atom. The molecule has 3 nitrogen and oxygen atoms in total. The van der Waals surface area contributed by atoms with Gasteiger partial charge in [-0.15, -0.1) is 0 Å². The first-order chi connectivity index (χ1) is 7.16. The van der Waals surface area contributed by atoms with Crippen LogP contribution >= 0.6 is 0 Å². The van der Waals surface area contributed by atoms with E-state index in [9.17, 15) is 9.90 Å². The van der Waals surface area contributed by atoms with Crippen LogP contribution in [0.3, 0.4) is 0 Å². The lowest BCUT2D eigenvalue weighted by molar-refractivity contribution is -0.143. The summed E-state index contributed by atoms with van der Waals surface area (Å²) in [6.45, 7) is 1.98. The molecule has 3 rings (SSSR count). The molecule has 0 spiro atoms. The molecular formula is C12H10O3. The molecule has 1 aliphatic carbocycles. The number of hydrogen-bond acceptors (Lipinski definition) is 2. The Morgan fingerprint density at radius 2 is 2.20 bits per heavy atom. The van der Waals surface area contributed by atoms with Crippen molar-refractivity contribution < 1.29 is 14.6 Å². The molecule has 0 bridgehead atoms. The van der Waals surface area contributed by atoms with Crippen molar-refractivity contribution >= 4 is 11.5 Å². The molecule has 2 aliphatic rings. The van der Waals surface area contributed by atoms with Gasteiger partial charge < -0.3 is 9.84 Å². The van der Waals surface area contributed by atoms with Gasteiger partial charge in [-0.1, -0.05) is 24.3 Å². The van der Waals surface area contributed by atoms with Gasteiger partial charge in [0, 0.05) is 5.56 Å². The van der Waals surface area contributed by atoms with Crippen LogP contribution in [-0.2, 0) is 15.1 Å². The molecule has 0 radical (unpaired) electrons. The van der Waals surface area contributed by atoms with E-state index in [2.05, 4.69) is 0 Å². The van der Waals surface area contributed by atoms with Crippen LogP contribution in [0.1, 0.15) is 18.1 Å². The number of ether oxygens (including phenoxy) is 1. The first-order valence-electron chi connectivity index (χ1n) is 4.86. The standard InChI is InChI=1S/C12H10O3/c1-7-6-10-12(15-10,11(13)14)9-5-3-2-4-8(7)9/h2-6,10H,1H3,(H,13,14). The fourth-order valence-corrected chi connectivity index (χ4v) is 2.29. The predicted molar refractivity (Wildman–Crippen MR) is 54.3 cm³/mol. The monoisotopic (exact) mass is 202 g/mol. The Hall–Kier alpha value is -1.61. The third kappa shape index (κ3) is 0.908. The Balaban J connectivity index is 2.26. The summed E-state index contributed by atoms with van der Waals surface area (Å²) in [5.74, 6) is -0.899. The molecule has 1 fully saturated rings. The topological polar surface area (TPSA) is 49.8 Å². The van der Waals surface area contributed by atoms with Gasteiger partial charge in [-0.25, -0.2) is 4.79 Å². The fourth-order valence-electron chi connectivity index (χ4n) is 2.29. The summed E-state index contributed by atoms with van der Waals surface area (Å²) in [5, 5.41) is 9.22. The van der Waals surface area contributed by atoms with Crippen molar-refractivity contribution in [3.8, 4) is 0 Å². The smallest absolute Gasteiger partial charge is 0.343 e. The quantitative estimate of drug-likeness (QED) is 0.706. The molecule has 2 unspecified atom stereocenters. The second-order valence-corrected chi connectivity index (χ2v) is 3.97. The summed E-state index contributed by atoms with van der Waals surface area (Å²) in [6, 6.07) is 7.53. The van der Waals surface area contributed by atoms with E-state index in [1.54, 1.807) is 0 Å². The largest absolute Gasteiger partial charge is 0.479 e.